The summed E-state index contributed by atoms with van der Waals surface area (Å²) in [7, 11) is 0. The van der Waals surface area contributed by atoms with Gasteiger partial charge in [-0.25, -0.2) is 0 Å². The molecule has 0 unspecified atom stereocenters. The van der Waals surface area contributed by atoms with Gasteiger partial charge in [-0.3, -0.25) is 14.9 Å². The van der Waals surface area contributed by atoms with E-state index in [1.54, 1.807) is 12.1 Å². The van der Waals surface area contributed by atoms with Crippen molar-refractivity contribution in [2.75, 3.05) is 5.75 Å². The van der Waals surface area contributed by atoms with Crippen LogP contribution in [0, 0.1) is 10.1 Å². The smallest absolute Gasteiger partial charge is 0.269 e. The molecule has 1 aromatic carbocycles. The first-order valence-corrected chi connectivity index (χ1v) is 6.01. The highest BCUT2D eigenvalue weighted by Gasteiger charge is 2.05. The number of carbonyl (C=O) groups is 1. The monoisotopic (exact) mass is 239 g/mol. The second kappa shape index (κ2) is 6.27. The lowest BCUT2D eigenvalue weighted by Gasteiger charge is -2.00. The van der Waals surface area contributed by atoms with Crippen molar-refractivity contribution in [3.8, 4) is 0 Å². The summed E-state index contributed by atoms with van der Waals surface area (Å²) in [4.78, 5) is 21.2. The van der Waals surface area contributed by atoms with E-state index < -0.39 is 4.92 Å². The standard InChI is InChI=1S/C11H13NO3S/c1-2-16-11(13)8-5-9-3-6-10(7-4-9)12(14)15/h3-4,6-7H,2,5,8H2,1H3. The van der Waals surface area contributed by atoms with E-state index in [-0.39, 0.29) is 10.8 Å². The number of nitrogens with zero attached hydrogens (tertiary/aromatic N) is 1. The molecule has 0 aliphatic rings. The Labute approximate surface area is 98.2 Å². The van der Waals surface area contributed by atoms with E-state index in [1.807, 2.05) is 6.92 Å². The van der Waals surface area contributed by atoms with Crippen molar-refractivity contribution in [3.63, 3.8) is 0 Å². The third-order valence-corrected chi connectivity index (χ3v) is 2.89. The second-order valence-corrected chi connectivity index (χ2v) is 4.55. The Morgan fingerprint density at radius 3 is 2.50 bits per heavy atom. The van der Waals surface area contributed by atoms with Crippen LogP contribution in [0.4, 0.5) is 5.69 Å². The molecule has 0 saturated heterocycles. The third-order valence-electron chi connectivity index (χ3n) is 2.07. The van der Waals surface area contributed by atoms with Gasteiger partial charge in [0.25, 0.3) is 5.69 Å². The first-order chi connectivity index (χ1) is 7.63. The minimum absolute atomic E-state index is 0.0815. The van der Waals surface area contributed by atoms with Gasteiger partial charge in [0.05, 0.1) is 4.92 Å². The summed E-state index contributed by atoms with van der Waals surface area (Å²) < 4.78 is 0. The lowest BCUT2D eigenvalue weighted by molar-refractivity contribution is -0.384. The molecule has 0 bridgehead atoms. The first-order valence-electron chi connectivity index (χ1n) is 5.02. The Kier molecular flexibility index (Phi) is 4.98. The van der Waals surface area contributed by atoms with E-state index >= 15 is 0 Å². The van der Waals surface area contributed by atoms with Gasteiger partial charge in [-0.15, -0.1) is 0 Å². The Morgan fingerprint density at radius 1 is 1.38 bits per heavy atom. The lowest BCUT2D eigenvalue weighted by Crippen LogP contribution is -1.96. The number of aryl methyl sites for hydroxylation is 1. The van der Waals surface area contributed by atoms with E-state index in [2.05, 4.69) is 0 Å². The van der Waals surface area contributed by atoms with Gasteiger partial charge in [-0.05, 0) is 17.7 Å². The number of hydrogen-bond donors (Lipinski definition) is 0. The highest BCUT2D eigenvalue weighted by Crippen LogP contribution is 2.14. The zero-order chi connectivity index (χ0) is 12.0. The molecule has 1 aromatic rings. The average molecular weight is 239 g/mol. The molecular weight excluding hydrogens is 226 g/mol. The van der Waals surface area contributed by atoms with Crippen molar-refractivity contribution in [1.29, 1.82) is 0 Å². The number of thioether (sulfide) groups is 1. The molecule has 0 aliphatic carbocycles. The second-order valence-electron chi connectivity index (χ2n) is 3.23. The predicted octanol–water partition coefficient (Wildman–Crippen LogP) is 2.81. The summed E-state index contributed by atoms with van der Waals surface area (Å²) >= 11 is 1.31. The number of nitro benzene ring substituents is 1. The van der Waals surface area contributed by atoms with E-state index in [9.17, 15) is 14.9 Å². The average Bonchev–Trinajstić information content (AvgIpc) is 2.27. The van der Waals surface area contributed by atoms with Gasteiger partial charge in [0.15, 0.2) is 5.12 Å². The molecule has 86 valence electrons. The summed E-state index contributed by atoms with van der Waals surface area (Å²) in [6.45, 7) is 1.94. The van der Waals surface area contributed by atoms with Crippen molar-refractivity contribution >= 4 is 22.6 Å². The molecule has 0 atom stereocenters. The maximum atomic E-state index is 11.2. The third kappa shape index (κ3) is 4.02. The minimum Gasteiger partial charge on any atom is -0.287 e. The van der Waals surface area contributed by atoms with Gasteiger partial charge in [-0.1, -0.05) is 30.8 Å². The molecule has 0 spiro atoms. The summed E-state index contributed by atoms with van der Waals surface area (Å²) in [5.74, 6) is 0.791. The fraction of sp³-hybridized carbons (Fsp3) is 0.364. The molecule has 5 heteroatoms. The largest absolute Gasteiger partial charge is 0.287 e. The van der Waals surface area contributed by atoms with Crippen LogP contribution in [0.1, 0.15) is 18.9 Å². The molecular formula is C11H13NO3S. The summed E-state index contributed by atoms with van der Waals surface area (Å²) in [6, 6.07) is 6.32. The minimum atomic E-state index is -0.429. The van der Waals surface area contributed by atoms with Crippen LogP contribution in [-0.4, -0.2) is 15.8 Å². The number of benzene rings is 1. The topological polar surface area (TPSA) is 60.2 Å². The quantitative estimate of drug-likeness (QED) is 0.585. The van der Waals surface area contributed by atoms with Gasteiger partial charge < -0.3 is 0 Å². The summed E-state index contributed by atoms with van der Waals surface area (Å²) in [5, 5.41) is 10.6. The predicted molar refractivity (Wildman–Crippen MR) is 64.6 cm³/mol. The maximum Gasteiger partial charge on any atom is 0.269 e. The maximum absolute atomic E-state index is 11.2. The van der Waals surface area contributed by atoms with E-state index in [0.29, 0.717) is 12.8 Å². The number of nitro groups is 1. The van der Waals surface area contributed by atoms with Crippen LogP contribution in [0.15, 0.2) is 24.3 Å². The van der Waals surface area contributed by atoms with Crippen molar-refractivity contribution in [2.24, 2.45) is 0 Å². The SMILES string of the molecule is CCSC(=O)CCc1ccc([N+](=O)[O-])cc1. The zero-order valence-corrected chi connectivity index (χ0v) is 9.83. The molecule has 0 saturated carbocycles. The van der Waals surface area contributed by atoms with Gasteiger partial charge in [0.1, 0.15) is 0 Å². The molecule has 4 nitrogen and oxygen atoms in total. The number of carbonyl (C=O) groups excluding carboxylic acids is 1. The summed E-state index contributed by atoms with van der Waals surface area (Å²) in [5.41, 5.74) is 1.04. The van der Waals surface area contributed by atoms with Gasteiger partial charge in [0, 0.05) is 18.6 Å². The van der Waals surface area contributed by atoms with Crippen LogP contribution >= 0.6 is 11.8 Å². The number of non-ortho nitro benzene ring substituents is 1. The fourth-order valence-electron chi connectivity index (χ4n) is 1.26. The van der Waals surface area contributed by atoms with Gasteiger partial charge in [0.2, 0.25) is 0 Å². The normalized spacial score (nSPS) is 10.1. The van der Waals surface area contributed by atoms with Crippen LogP contribution in [0.5, 0.6) is 0 Å². The molecule has 0 heterocycles. The molecule has 1 rings (SSSR count). The van der Waals surface area contributed by atoms with E-state index in [4.69, 9.17) is 0 Å². The van der Waals surface area contributed by atoms with Gasteiger partial charge in [-0.2, -0.15) is 0 Å². The number of rotatable bonds is 5. The van der Waals surface area contributed by atoms with Crippen LogP contribution in [0.3, 0.4) is 0 Å². The Hall–Kier alpha value is -1.36. The fourth-order valence-corrected chi connectivity index (χ4v) is 1.83. The van der Waals surface area contributed by atoms with Crippen molar-refractivity contribution in [2.45, 2.75) is 19.8 Å². The van der Waals surface area contributed by atoms with Crippen molar-refractivity contribution in [3.05, 3.63) is 39.9 Å². The molecule has 0 amide bonds. The van der Waals surface area contributed by atoms with Crippen LogP contribution < -0.4 is 0 Å². The van der Waals surface area contributed by atoms with Crippen molar-refractivity contribution < 1.29 is 9.72 Å². The van der Waals surface area contributed by atoms with E-state index in [1.165, 1.54) is 23.9 Å². The molecule has 0 aromatic heterocycles. The molecule has 0 N–H and O–H groups in total. The summed E-state index contributed by atoms with van der Waals surface area (Å²) in [6.07, 6.45) is 1.13. The molecule has 0 aliphatic heterocycles. The molecule has 0 radical (unpaired) electrons. The Balaban J connectivity index is 2.49. The molecule has 16 heavy (non-hydrogen) atoms. The first kappa shape index (κ1) is 12.7. The van der Waals surface area contributed by atoms with Gasteiger partial charge >= 0.3 is 0 Å². The molecule has 0 fully saturated rings. The van der Waals surface area contributed by atoms with E-state index in [0.717, 1.165) is 11.3 Å². The van der Waals surface area contributed by atoms with Crippen LogP contribution in [0.2, 0.25) is 0 Å². The zero-order valence-electron chi connectivity index (χ0n) is 9.01. The van der Waals surface area contributed by atoms with Crippen molar-refractivity contribution in [1.82, 2.24) is 0 Å². The Bertz CT molecular complexity index is 375. The lowest BCUT2D eigenvalue weighted by atomic mass is 10.1. The van der Waals surface area contributed by atoms with Crippen LogP contribution in [-0.2, 0) is 11.2 Å². The van der Waals surface area contributed by atoms with Crippen LogP contribution in [0.25, 0.3) is 0 Å². The number of hydrogen-bond acceptors (Lipinski definition) is 4. The highest BCUT2D eigenvalue weighted by atomic mass is 32.2. The highest BCUT2D eigenvalue weighted by molar-refractivity contribution is 8.13. The Morgan fingerprint density at radius 2 is 2.00 bits per heavy atom.